The van der Waals surface area contributed by atoms with E-state index in [1.165, 1.54) is 13.3 Å². The van der Waals surface area contributed by atoms with Gasteiger partial charge in [0.25, 0.3) is 12.9 Å². The fourth-order valence-electron chi connectivity index (χ4n) is 2.27. The molecule has 0 aliphatic rings. The maximum absolute atomic E-state index is 13.3. The lowest BCUT2D eigenvalue weighted by Crippen LogP contribution is -2.21. The Morgan fingerprint density at radius 2 is 2.00 bits per heavy atom. The number of benzene rings is 1. The predicted octanol–water partition coefficient (Wildman–Crippen LogP) is 3.19. The van der Waals surface area contributed by atoms with Crippen LogP contribution in [-0.4, -0.2) is 29.1 Å². The molecule has 146 valence electrons. The Labute approximate surface area is 159 Å². The first-order valence-electron chi connectivity index (χ1n) is 7.35. The zero-order valence-electron chi connectivity index (χ0n) is 13.9. The smallest absolute Gasteiger partial charge is 0.283 e. The van der Waals surface area contributed by atoms with Gasteiger partial charge in [-0.25, -0.2) is 17.6 Å². The van der Waals surface area contributed by atoms with Crippen LogP contribution in [0.2, 0.25) is 0 Å². The van der Waals surface area contributed by atoms with Crippen LogP contribution in [0.25, 0.3) is 0 Å². The van der Waals surface area contributed by atoms with Crippen LogP contribution >= 0.6 is 15.9 Å². The number of nitrogens with zero attached hydrogens (tertiary/aromatic N) is 4. The highest BCUT2D eigenvalue weighted by Gasteiger charge is 2.27. The Hall–Kier alpha value is -2.63. The van der Waals surface area contributed by atoms with Gasteiger partial charge in [-0.3, -0.25) is 4.68 Å². The third kappa shape index (κ3) is 4.96. The molecule has 4 N–H and O–H groups in total. The van der Waals surface area contributed by atoms with E-state index in [4.69, 9.17) is 16.2 Å². The summed E-state index contributed by atoms with van der Waals surface area (Å²) in [4.78, 5) is 0. The normalized spacial score (nSPS) is 11.6. The lowest BCUT2D eigenvalue weighted by Gasteiger charge is -2.12. The third-order valence-corrected chi connectivity index (χ3v) is 4.19. The summed E-state index contributed by atoms with van der Waals surface area (Å²) in [6, 6.07) is 4.77. The molecule has 2 rings (SSSR count). The molecule has 1 aromatic heterocycles. The van der Waals surface area contributed by atoms with Crippen LogP contribution in [0.4, 0.5) is 17.6 Å². The highest BCUT2D eigenvalue weighted by molar-refractivity contribution is 9.10. The Morgan fingerprint density at radius 1 is 1.30 bits per heavy atom. The second kappa shape index (κ2) is 8.84. The first-order chi connectivity index (χ1) is 12.7. The van der Waals surface area contributed by atoms with Crippen molar-refractivity contribution < 1.29 is 22.3 Å². The van der Waals surface area contributed by atoms with Crippen molar-refractivity contribution in [2.24, 2.45) is 21.7 Å². The summed E-state index contributed by atoms with van der Waals surface area (Å²) in [5.41, 5.74) is 9.89. The van der Waals surface area contributed by atoms with E-state index in [1.54, 1.807) is 18.2 Å². The monoisotopic (exact) mass is 450 g/mol. The molecule has 0 bridgehead atoms. The van der Waals surface area contributed by atoms with Crippen LogP contribution in [0.3, 0.4) is 0 Å². The largest absolute Gasteiger partial charge is 0.496 e. The highest BCUT2D eigenvalue weighted by Crippen LogP contribution is 2.35. The number of halogens is 5. The van der Waals surface area contributed by atoms with E-state index < -0.39 is 28.7 Å². The van der Waals surface area contributed by atoms with Crippen molar-refractivity contribution >= 4 is 28.1 Å². The van der Waals surface area contributed by atoms with Gasteiger partial charge < -0.3 is 16.2 Å². The maximum Gasteiger partial charge on any atom is 0.283 e. The minimum Gasteiger partial charge on any atom is -0.496 e. The zero-order chi connectivity index (χ0) is 20.1. The molecule has 7 nitrogen and oxygen atoms in total. The van der Waals surface area contributed by atoms with E-state index in [9.17, 15) is 17.6 Å². The van der Waals surface area contributed by atoms with Gasteiger partial charge in [0.15, 0.2) is 0 Å². The van der Waals surface area contributed by atoms with Crippen LogP contribution < -0.4 is 16.2 Å². The van der Waals surface area contributed by atoms with Crippen molar-refractivity contribution in [3.63, 3.8) is 0 Å². The molecule has 0 radical (unpaired) electrons. The maximum atomic E-state index is 13.3. The minimum absolute atomic E-state index is 0.224. The molecular weight excluding hydrogens is 436 g/mol. The molecule has 0 spiro atoms. The van der Waals surface area contributed by atoms with Gasteiger partial charge in [-0.15, -0.1) is 5.10 Å². The van der Waals surface area contributed by atoms with Crippen LogP contribution in [0.1, 0.15) is 35.4 Å². The average molecular weight is 451 g/mol. The molecule has 1 aromatic carbocycles. The Balaban J connectivity index is 2.45. The van der Waals surface area contributed by atoms with Gasteiger partial charge in [-0.2, -0.15) is 10.2 Å². The molecule has 0 unspecified atom stereocenters. The quantitative estimate of drug-likeness (QED) is 0.292. The molecule has 0 saturated heterocycles. The number of alkyl halides is 4. The van der Waals surface area contributed by atoms with Crippen LogP contribution in [0.15, 0.2) is 32.9 Å². The van der Waals surface area contributed by atoms with Crippen LogP contribution in [0.5, 0.6) is 5.75 Å². The summed E-state index contributed by atoms with van der Waals surface area (Å²) < 4.78 is 58.3. The number of hydrogen-bond acceptors (Lipinski definition) is 4. The molecule has 1 heterocycles. The second-order valence-electron chi connectivity index (χ2n) is 5.18. The third-order valence-electron chi connectivity index (χ3n) is 3.37. The van der Waals surface area contributed by atoms with Crippen molar-refractivity contribution in [3.05, 3.63) is 45.2 Å². The van der Waals surface area contributed by atoms with E-state index in [-0.39, 0.29) is 12.5 Å². The topological polar surface area (TPSA) is 104 Å². The molecule has 0 fully saturated rings. The predicted molar refractivity (Wildman–Crippen MR) is 95.3 cm³/mol. The summed E-state index contributed by atoms with van der Waals surface area (Å²) in [7, 11) is 1.39. The standard InChI is InChI=1S/C15H15BrF4N6O/c1-27-9-3-2-7(5-23-24-15(21)22)4-8(9)6-26-12(14(19)20)10(16)11(25-26)13(17)18/h2-5,13-14H,6H2,1H3,(H4,21,22,24). The van der Waals surface area contributed by atoms with Gasteiger partial charge in [-0.1, -0.05) is 0 Å². The molecule has 0 aliphatic heterocycles. The van der Waals surface area contributed by atoms with Crippen LogP contribution in [0, 0.1) is 0 Å². The van der Waals surface area contributed by atoms with Gasteiger partial charge in [0.2, 0.25) is 5.96 Å². The highest BCUT2D eigenvalue weighted by atomic mass is 79.9. The van der Waals surface area contributed by atoms with Gasteiger partial charge in [0, 0.05) is 5.56 Å². The Bertz CT molecular complexity index is 864. The average Bonchev–Trinajstić information content (AvgIpc) is 2.91. The van der Waals surface area contributed by atoms with Crippen molar-refractivity contribution in [1.82, 2.24) is 9.78 Å². The number of nitrogens with two attached hydrogens (primary N) is 2. The number of ether oxygens (including phenoxy) is 1. The van der Waals surface area contributed by atoms with E-state index in [0.29, 0.717) is 16.9 Å². The molecule has 0 atom stereocenters. The summed E-state index contributed by atoms with van der Waals surface area (Å²) in [5, 5.41) is 10.7. The number of rotatable bonds is 7. The lowest BCUT2D eigenvalue weighted by atomic mass is 10.1. The fraction of sp³-hybridized carbons (Fsp3) is 0.267. The summed E-state index contributed by atoms with van der Waals surface area (Å²) in [6.07, 6.45) is -4.67. The lowest BCUT2D eigenvalue weighted by molar-refractivity contribution is 0.139. The molecular formula is C15H15BrF4N6O. The summed E-state index contributed by atoms with van der Waals surface area (Å²) in [5.74, 6) is 0.127. The molecule has 0 aliphatic carbocycles. The van der Waals surface area contributed by atoms with Gasteiger partial charge in [-0.05, 0) is 39.7 Å². The van der Waals surface area contributed by atoms with Gasteiger partial charge in [0.05, 0.1) is 24.3 Å². The fourth-order valence-corrected chi connectivity index (χ4v) is 2.90. The van der Waals surface area contributed by atoms with Crippen LogP contribution in [-0.2, 0) is 6.54 Å². The number of guanidine groups is 1. The zero-order valence-corrected chi connectivity index (χ0v) is 15.5. The molecule has 0 amide bonds. The van der Waals surface area contributed by atoms with Crippen molar-refractivity contribution in [3.8, 4) is 5.75 Å². The Kier molecular flexibility index (Phi) is 6.77. The van der Waals surface area contributed by atoms with E-state index in [1.807, 2.05) is 0 Å². The van der Waals surface area contributed by atoms with Crippen molar-refractivity contribution in [2.45, 2.75) is 19.4 Å². The first-order valence-corrected chi connectivity index (χ1v) is 8.15. The number of methoxy groups -OCH3 is 1. The molecule has 0 saturated carbocycles. The second-order valence-corrected chi connectivity index (χ2v) is 5.98. The van der Waals surface area contributed by atoms with Crippen molar-refractivity contribution in [2.75, 3.05) is 7.11 Å². The summed E-state index contributed by atoms with van der Waals surface area (Å²) >= 11 is 2.78. The SMILES string of the molecule is COc1ccc(C=NN=C(N)N)cc1Cn1nc(C(F)F)c(Br)c1C(F)F. The summed E-state index contributed by atoms with van der Waals surface area (Å²) in [6.45, 7) is -0.224. The van der Waals surface area contributed by atoms with E-state index in [2.05, 4.69) is 31.2 Å². The van der Waals surface area contributed by atoms with Gasteiger partial charge in [0.1, 0.15) is 17.1 Å². The first kappa shape index (κ1) is 20.7. The van der Waals surface area contributed by atoms with Crippen molar-refractivity contribution in [1.29, 1.82) is 0 Å². The van der Waals surface area contributed by atoms with E-state index >= 15 is 0 Å². The Morgan fingerprint density at radius 3 is 2.56 bits per heavy atom. The van der Waals surface area contributed by atoms with Gasteiger partial charge >= 0.3 is 0 Å². The molecule has 2 aromatic rings. The molecule has 27 heavy (non-hydrogen) atoms. The molecule has 12 heteroatoms. The minimum atomic E-state index is -3.00. The number of hydrogen-bond donors (Lipinski definition) is 2. The number of aromatic nitrogens is 2. The van der Waals surface area contributed by atoms with E-state index in [0.717, 1.165) is 4.68 Å².